The van der Waals surface area contributed by atoms with Crippen LogP contribution in [0.5, 0.6) is 0 Å². The van der Waals surface area contributed by atoms with E-state index in [1.807, 2.05) is 0 Å². The van der Waals surface area contributed by atoms with Crippen LogP contribution in [0.3, 0.4) is 0 Å². The van der Waals surface area contributed by atoms with Gasteiger partial charge in [-0.15, -0.1) is 0 Å². The summed E-state index contributed by atoms with van der Waals surface area (Å²) >= 11 is 0. The Labute approximate surface area is 99.3 Å². The molecule has 0 saturated carbocycles. The van der Waals surface area contributed by atoms with Gasteiger partial charge >= 0.3 is 0 Å². The van der Waals surface area contributed by atoms with Crippen molar-refractivity contribution in [1.82, 2.24) is 14.3 Å². The van der Waals surface area contributed by atoms with E-state index in [9.17, 15) is 8.42 Å². The molecule has 0 unspecified atom stereocenters. The molecule has 0 amide bonds. The number of aromatic nitrogens is 2. The van der Waals surface area contributed by atoms with E-state index < -0.39 is 10.0 Å². The van der Waals surface area contributed by atoms with Crippen LogP contribution >= 0.6 is 0 Å². The van der Waals surface area contributed by atoms with E-state index in [4.69, 9.17) is 4.42 Å². The molecule has 0 aromatic carbocycles. The minimum Gasteiger partial charge on any atom is -0.472 e. The van der Waals surface area contributed by atoms with Gasteiger partial charge in [0.05, 0.1) is 18.7 Å². The van der Waals surface area contributed by atoms with Gasteiger partial charge in [-0.2, -0.15) is 4.31 Å². The quantitative estimate of drug-likeness (QED) is 0.888. The zero-order valence-corrected chi connectivity index (χ0v) is 10.4. The second-order valence-electron chi connectivity index (χ2n) is 3.73. The molecular weight excluding hydrogens is 242 g/mol. The summed E-state index contributed by atoms with van der Waals surface area (Å²) in [6, 6.07) is 1.73. The Morgan fingerprint density at radius 3 is 2.82 bits per heavy atom. The Bertz CT molecular complexity index is 586. The molecule has 0 spiro atoms. The fraction of sp³-hybridized carbons (Fsp3) is 0.300. The summed E-state index contributed by atoms with van der Waals surface area (Å²) in [7, 11) is -2.01. The van der Waals surface area contributed by atoms with Gasteiger partial charge in [0, 0.05) is 19.2 Å². The molecule has 0 aliphatic rings. The molecule has 92 valence electrons. The molecule has 0 fully saturated rings. The van der Waals surface area contributed by atoms with Crippen LogP contribution in [0, 0.1) is 6.92 Å². The van der Waals surface area contributed by atoms with Crippen LogP contribution < -0.4 is 0 Å². The predicted molar refractivity (Wildman–Crippen MR) is 60.7 cm³/mol. The van der Waals surface area contributed by atoms with Crippen molar-refractivity contribution in [1.29, 1.82) is 0 Å². The normalized spacial score (nSPS) is 12.2. The molecule has 0 radical (unpaired) electrons. The second kappa shape index (κ2) is 4.34. The van der Waals surface area contributed by atoms with Crippen molar-refractivity contribution in [3.63, 3.8) is 0 Å². The van der Waals surface area contributed by atoms with Crippen LogP contribution in [-0.2, 0) is 16.6 Å². The van der Waals surface area contributed by atoms with Crippen LogP contribution in [0.15, 0.2) is 34.2 Å². The molecule has 2 heterocycles. The molecule has 6 nitrogen and oxygen atoms in total. The Morgan fingerprint density at radius 1 is 1.53 bits per heavy atom. The molecule has 0 bridgehead atoms. The average Bonchev–Trinajstić information content (AvgIpc) is 2.89. The minimum atomic E-state index is -3.52. The number of rotatable bonds is 4. The highest BCUT2D eigenvalue weighted by Gasteiger charge is 2.23. The highest BCUT2D eigenvalue weighted by atomic mass is 32.2. The number of hydrogen-bond donors (Lipinski definition) is 1. The molecule has 2 aromatic rings. The average molecular weight is 255 g/mol. The van der Waals surface area contributed by atoms with Gasteiger partial charge in [0.15, 0.2) is 5.03 Å². The molecule has 2 aromatic heterocycles. The van der Waals surface area contributed by atoms with Crippen LogP contribution in [0.2, 0.25) is 0 Å². The summed E-state index contributed by atoms with van der Waals surface area (Å²) in [5.74, 6) is 0.570. The third-order valence-electron chi connectivity index (χ3n) is 2.35. The lowest BCUT2D eigenvalue weighted by atomic mass is 10.3. The maximum absolute atomic E-state index is 12.1. The Morgan fingerprint density at radius 2 is 2.29 bits per heavy atom. The number of nitrogens with one attached hydrogen (secondary N) is 1. The van der Waals surface area contributed by atoms with Crippen molar-refractivity contribution in [3.05, 3.63) is 36.2 Å². The molecule has 0 saturated heterocycles. The first-order chi connectivity index (χ1) is 8.00. The van der Waals surface area contributed by atoms with Crippen molar-refractivity contribution < 1.29 is 12.8 Å². The largest absolute Gasteiger partial charge is 0.472 e. The molecule has 2 rings (SSSR count). The number of imidazole rings is 1. The zero-order chi connectivity index (χ0) is 12.5. The number of furan rings is 1. The van der Waals surface area contributed by atoms with E-state index in [2.05, 4.69) is 9.97 Å². The minimum absolute atomic E-state index is 0.0981. The van der Waals surface area contributed by atoms with Crippen molar-refractivity contribution in [3.8, 4) is 0 Å². The SMILES string of the molecule is Cc1ncc(S(=O)(=O)N(C)Cc2ccoc2)[nH]1. The summed E-state index contributed by atoms with van der Waals surface area (Å²) in [6.07, 6.45) is 4.34. The number of hydrogen-bond acceptors (Lipinski definition) is 4. The van der Waals surface area contributed by atoms with Crippen LogP contribution in [-0.4, -0.2) is 29.7 Å². The van der Waals surface area contributed by atoms with Gasteiger partial charge < -0.3 is 9.40 Å². The van der Waals surface area contributed by atoms with Crippen LogP contribution in [0.1, 0.15) is 11.4 Å². The van der Waals surface area contributed by atoms with Crippen LogP contribution in [0.4, 0.5) is 0 Å². The number of H-pyrrole nitrogens is 1. The Hall–Kier alpha value is -1.60. The first-order valence-electron chi connectivity index (χ1n) is 4.99. The smallest absolute Gasteiger partial charge is 0.260 e. The third kappa shape index (κ3) is 2.40. The first kappa shape index (κ1) is 11.9. The van der Waals surface area contributed by atoms with Gasteiger partial charge in [-0.1, -0.05) is 0 Å². The summed E-state index contributed by atoms with van der Waals surface area (Å²) in [4.78, 5) is 6.60. The standard InChI is InChI=1S/C10H13N3O3S/c1-8-11-5-10(12-8)17(14,15)13(2)6-9-3-4-16-7-9/h3-5,7H,6H2,1-2H3,(H,11,12). The lowest BCUT2D eigenvalue weighted by Crippen LogP contribution is -2.26. The zero-order valence-electron chi connectivity index (χ0n) is 9.54. The number of nitrogens with zero attached hydrogens (tertiary/aromatic N) is 2. The van der Waals surface area contributed by atoms with Crippen molar-refractivity contribution in [2.45, 2.75) is 18.5 Å². The predicted octanol–water partition coefficient (Wildman–Crippen LogP) is 1.13. The number of sulfonamides is 1. The van der Waals surface area contributed by atoms with Gasteiger partial charge in [-0.05, 0) is 13.0 Å². The molecule has 0 atom stereocenters. The monoisotopic (exact) mass is 255 g/mol. The lowest BCUT2D eigenvalue weighted by Gasteiger charge is -2.14. The fourth-order valence-electron chi connectivity index (χ4n) is 1.42. The molecule has 0 aliphatic carbocycles. The van der Waals surface area contributed by atoms with Gasteiger partial charge in [0.2, 0.25) is 0 Å². The third-order valence-corrected chi connectivity index (χ3v) is 4.07. The highest BCUT2D eigenvalue weighted by molar-refractivity contribution is 7.89. The molecular formula is C10H13N3O3S. The highest BCUT2D eigenvalue weighted by Crippen LogP contribution is 2.14. The molecule has 17 heavy (non-hydrogen) atoms. The van der Waals surface area contributed by atoms with Crippen molar-refractivity contribution in [2.75, 3.05) is 7.05 Å². The van der Waals surface area contributed by atoms with E-state index in [1.54, 1.807) is 13.0 Å². The summed E-state index contributed by atoms with van der Waals surface area (Å²) < 4.78 is 30.3. The van der Waals surface area contributed by atoms with Gasteiger partial charge in [0.25, 0.3) is 10.0 Å². The van der Waals surface area contributed by atoms with E-state index in [1.165, 1.54) is 30.1 Å². The van der Waals surface area contributed by atoms with Crippen molar-refractivity contribution >= 4 is 10.0 Å². The fourth-order valence-corrected chi connectivity index (χ4v) is 2.54. The van der Waals surface area contributed by atoms with Crippen molar-refractivity contribution in [2.24, 2.45) is 0 Å². The number of aromatic amines is 1. The van der Waals surface area contributed by atoms with E-state index in [0.29, 0.717) is 5.82 Å². The molecule has 1 N–H and O–H groups in total. The molecule has 0 aliphatic heterocycles. The van der Waals surface area contributed by atoms with E-state index in [-0.39, 0.29) is 11.6 Å². The maximum atomic E-state index is 12.1. The van der Waals surface area contributed by atoms with Gasteiger partial charge in [-0.3, -0.25) is 0 Å². The second-order valence-corrected chi connectivity index (χ2v) is 5.74. The summed E-state index contributed by atoms with van der Waals surface area (Å²) in [5, 5.41) is 0.0981. The Kier molecular flexibility index (Phi) is 3.03. The first-order valence-corrected chi connectivity index (χ1v) is 6.43. The number of aryl methyl sites for hydroxylation is 1. The van der Waals surface area contributed by atoms with E-state index >= 15 is 0 Å². The van der Waals surface area contributed by atoms with Gasteiger partial charge in [0.1, 0.15) is 5.82 Å². The lowest BCUT2D eigenvalue weighted by molar-refractivity contribution is 0.461. The Balaban J connectivity index is 2.21. The van der Waals surface area contributed by atoms with Crippen LogP contribution in [0.25, 0.3) is 0 Å². The maximum Gasteiger partial charge on any atom is 0.260 e. The molecule has 7 heteroatoms. The van der Waals surface area contributed by atoms with Gasteiger partial charge in [-0.25, -0.2) is 13.4 Å². The summed E-state index contributed by atoms with van der Waals surface area (Å²) in [6.45, 7) is 1.96. The summed E-state index contributed by atoms with van der Waals surface area (Å²) in [5.41, 5.74) is 0.798. The van der Waals surface area contributed by atoms with E-state index in [0.717, 1.165) is 5.56 Å². The topological polar surface area (TPSA) is 79.2 Å².